The molecule has 1 aromatic carbocycles. The Balaban J connectivity index is 1.64. The van der Waals surface area contributed by atoms with Crippen LogP contribution in [0.5, 0.6) is 0 Å². The number of hydrogen-bond acceptors (Lipinski definition) is 4. The van der Waals surface area contributed by atoms with Crippen molar-refractivity contribution in [2.24, 2.45) is 7.05 Å². The van der Waals surface area contributed by atoms with Crippen molar-refractivity contribution in [1.29, 1.82) is 0 Å². The summed E-state index contributed by atoms with van der Waals surface area (Å²) in [6.07, 6.45) is 4.02. The van der Waals surface area contributed by atoms with Crippen LogP contribution in [0.25, 0.3) is 22.0 Å². The van der Waals surface area contributed by atoms with Gasteiger partial charge in [-0.2, -0.15) is 0 Å². The Hall–Kier alpha value is -3.32. The number of aryl methyl sites for hydroxylation is 1. The van der Waals surface area contributed by atoms with E-state index in [0.29, 0.717) is 11.9 Å². The molecule has 1 unspecified atom stereocenters. The molecule has 0 bridgehead atoms. The first-order valence-electron chi connectivity index (χ1n) is 9.01. The molecule has 28 heavy (non-hydrogen) atoms. The molecular weight excluding hydrogens is 372 g/mol. The monoisotopic (exact) mass is 390 g/mol. The molecular formula is C21H18N4O2S. The fourth-order valence-corrected chi connectivity index (χ4v) is 4.50. The van der Waals surface area contributed by atoms with Crippen LogP contribution in [0.15, 0.2) is 59.0 Å². The molecule has 140 valence electrons. The number of benzene rings is 1. The lowest BCUT2D eigenvalue weighted by molar-refractivity contribution is -0.116. The number of aromatic nitrogens is 2. The summed E-state index contributed by atoms with van der Waals surface area (Å²) in [6, 6.07) is 11.8. The molecule has 0 saturated carbocycles. The molecule has 5 rings (SSSR count). The highest BCUT2D eigenvalue weighted by Crippen LogP contribution is 2.37. The summed E-state index contributed by atoms with van der Waals surface area (Å²) in [5, 5.41) is 9.41. The van der Waals surface area contributed by atoms with Crippen molar-refractivity contribution in [3.63, 3.8) is 0 Å². The third-order valence-electron chi connectivity index (χ3n) is 5.10. The number of rotatable bonds is 2. The lowest BCUT2D eigenvalue weighted by Gasteiger charge is -2.16. The standard InChI is InChI=1S/C21H18N4O2S/c1-25-11-14(13-6-7-22-20(13)21(25)27)12-4-5-15-16(9-12)23-17(10-19(26)24-15)18-3-2-8-28-18/h2-9,11,17,22-23H,10H2,1H3,(H,24,26). The number of amides is 1. The van der Waals surface area contributed by atoms with E-state index in [4.69, 9.17) is 0 Å². The van der Waals surface area contributed by atoms with E-state index in [1.165, 1.54) is 0 Å². The summed E-state index contributed by atoms with van der Waals surface area (Å²) >= 11 is 1.64. The molecule has 3 N–H and O–H groups in total. The molecule has 3 aromatic heterocycles. The Labute approximate surface area is 164 Å². The Kier molecular flexibility index (Phi) is 3.84. The van der Waals surface area contributed by atoms with Crippen LogP contribution in [0.1, 0.15) is 17.3 Å². The van der Waals surface area contributed by atoms with E-state index >= 15 is 0 Å². The van der Waals surface area contributed by atoms with Gasteiger partial charge in [0.2, 0.25) is 5.91 Å². The number of aromatic amines is 1. The summed E-state index contributed by atoms with van der Waals surface area (Å²) in [5.74, 6) is -0.00691. The number of carbonyl (C=O) groups excluding carboxylic acids is 1. The Morgan fingerprint density at radius 3 is 2.86 bits per heavy atom. The van der Waals surface area contributed by atoms with Crippen molar-refractivity contribution >= 4 is 39.5 Å². The minimum absolute atomic E-state index is 0.00691. The molecule has 0 spiro atoms. The predicted octanol–water partition coefficient (Wildman–Crippen LogP) is 4.09. The first-order valence-corrected chi connectivity index (χ1v) is 9.89. The first kappa shape index (κ1) is 16.8. The Bertz CT molecular complexity index is 1250. The number of fused-ring (bicyclic) bond motifs is 2. The number of pyridine rings is 1. The van der Waals surface area contributed by atoms with Gasteiger partial charge in [-0.25, -0.2) is 0 Å². The molecule has 7 heteroatoms. The SMILES string of the molecule is Cn1cc(-c2ccc3c(c2)NC(c2cccs2)CC(=O)N3)c2cc[nH]c2c1=O. The minimum Gasteiger partial charge on any atom is -0.375 e. The van der Waals surface area contributed by atoms with Crippen LogP contribution < -0.4 is 16.2 Å². The summed E-state index contributed by atoms with van der Waals surface area (Å²) < 4.78 is 1.59. The molecule has 1 atom stereocenters. The molecule has 0 saturated heterocycles. The number of thiophene rings is 1. The number of hydrogen-bond donors (Lipinski definition) is 3. The third-order valence-corrected chi connectivity index (χ3v) is 6.09. The van der Waals surface area contributed by atoms with Crippen LogP contribution in [0.2, 0.25) is 0 Å². The summed E-state index contributed by atoms with van der Waals surface area (Å²) in [7, 11) is 1.75. The van der Waals surface area contributed by atoms with Gasteiger partial charge in [0, 0.05) is 35.3 Å². The van der Waals surface area contributed by atoms with Crippen molar-refractivity contribution in [3.05, 3.63) is 69.4 Å². The second kappa shape index (κ2) is 6.38. The maximum atomic E-state index is 12.3. The highest BCUT2D eigenvalue weighted by atomic mass is 32.1. The van der Waals surface area contributed by atoms with Crippen molar-refractivity contribution in [2.75, 3.05) is 10.6 Å². The van der Waals surface area contributed by atoms with E-state index in [2.05, 4.69) is 15.6 Å². The van der Waals surface area contributed by atoms with E-state index in [0.717, 1.165) is 32.8 Å². The maximum absolute atomic E-state index is 12.3. The van der Waals surface area contributed by atoms with E-state index < -0.39 is 0 Å². The van der Waals surface area contributed by atoms with Crippen LogP contribution in [0, 0.1) is 0 Å². The van der Waals surface area contributed by atoms with Gasteiger partial charge >= 0.3 is 0 Å². The third kappa shape index (κ3) is 2.71. The fourth-order valence-electron chi connectivity index (χ4n) is 3.73. The Morgan fingerprint density at radius 2 is 2.04 bits per heavy atom. The molecule has 4 heterocycles. The van der Waals surface area contributed by atoms with Crippen LogP contribution in [0.4, 0.5) is 11.4 Å². The summed E-state index contributed by atoms with van der Waals surface area (Å²) in [4.78, 5) is 28.8. The molecule has 1 aliphatic heterocycles. The van der Waals surface area contributed by atoms with Crippen LogP contribution in [-0.2, 0) is 11.8 Å². The number of anilines is 2. The number of carbonyl (C=O) groups is 1. The normalized spacial score (nSPS) is 16.3. The van der Waals surface area contributed by atoms with Crippen LogP contribution in [-0.4, -0.2) is 15.5 Å². The van der Waals surface area contributed by atoms with Crippen LogP contribution >= 0.6 is 11.3 Å². The lowest BCUT2D eigenvalue weighted by atomic mass is 10.0. The molecule has 6 nitrogen and oxygen atoms in total. The minimum atomic E-state index is -0.0658. The van der Waals surface area contributed by atoms with Gasteiger partial charge in [0.25, 0.3) is 5.56 Å². The molecule has 0 radical (unpaired) electrons. The largest absolute Gasteiger partial charge is 0.375 e. The molecule has 1 aliphatic rings. The highest BCUT2D eigenvalue weighted by molar-refractivity contribution is 7.10. The average molecular weight is 390 g/mol. The Morgan fingerprint density at radius 1 is 1.14 bits per heavy atom. The second-order valence-corrected chi connectivity index (χ2v) is 7.93. The van der Waals surface area contributed by atoms with E-state index in [9.17, 15) is 9.59 Å². The first-order chi connectivity index (χ1) is 13.6. The zero-order valence-electron chi connectivity index (χ0n) is 15.2. The molecule has 0 aliphatic carbocycles. The smallest absolute Gasteiger partial charge is 0.274 e. The number of H-pyrrole nitrogens is 1. The maximum Gasteiger partial charge on any atom is 0.274 e. The van der Waals surface area contributed by atoms with E-state index in [-0.39, 0.29) is 17.5 Å². The summed E-state index contributed by atoms with van der Waals surface area (Å²) in [6.45, 7) is 0. The average Bonchev–Trinajstić information content (AvgIpc) is 3.35. The zero-order valence-corrected chi connectivity index (χ0v) is 16.0. The molecule has 4 aromatic rings. The quantitative estimate of drug-likeness (QED) is 0.482. The van der Waals surface area contributed by atoms with Gasteiger partial charge in [0.1, 0.15) is 5.52 Å². The molecule has 0 fully saturated rings. The lowest BCUT2D eigenvalue weighted by Crippen LogP contribution is -2.16. The van der Waals surface area contributed by atoms with Gasteiger partial charge < -0.3 is 20.2 Å². The van der Waals surface area contributed by atoms with Gasteiger partial charge in [-0.15, -0.1) is 11.3 Å². The van der Waals surface area contributed by atoms with Crippen molar-refractivity contribution in [1.82, 2.24) is 9.55 Å². The van der Waals surface area contributed by atoms with Crippen LogP contribution in [0.3, 0.4) is 0 Å². The summed E-state index contributed by atoms with van der Waals surface area (Å²) in [5.41, 5.74) is 4.12. The highest BCUT2D eigenvalue weighted by Gasteiger charge is 2.23. The van der Waals surface area contributed by atoms with Crippen molar-refractivity contribution < 1.29 is 4.79 Å². The van der Waals surface area contributed by atoms with Gasteiger partial charge in [-0.05, 0) is 35.2 Å². The van der Waals surface area contributed by atoms with Gasteiger partial charge in [0.05, 0.1) is 23.8 Å². The van der Waals surface area contributed by atoms with Crippen molar-refractivity contribution in [2.45, 2.75) is 12.5 Å². The van der Waals surface area contributed by atoms with E-state index in [1.54, 1.807) is 29.1 Å². The van der Waals surface area contributed by atoms with Crippen molar-refractivity contribution in [3.8, 4) is 11.1 Å². The van der Waals surface area contributed by atoms with Gasteiger partial charge in [-0.1, -0.05) is 12.1 Å². The predicted molar refractivity (Wildman–Crippen MR) is 113 cm³/mol. The fraction of sp³-hybridized carbons (Fsp3) is 0.143. The second-order valence-electron chi connectivity index (χ2n) is 6.95. The van der Waals surface area contributed by atoms with Gasteiger partial charge in [-0.3, -0.25) is 9.59 Å². The van der Waals surface area contributed by atoms with Gasteiger partial charge in [0.15, 0.2) is 0 Å². The number of nitrogens with zero attached hydrogens (tertiary/aromatic N) is 1. The topological polar surface area (TPSA) is 78.9 Å². The number of nitrogens with one attached hydrogen (secondary N) is 3. The zero-order chi connectivity index (χ0) is 19.3. The molecule has 1 amide bonds. The van der Waals surface area contributed by atoms with E-state index in [1.807, 2.05) is 48.0 Å².